The molecule has 1 atom stereocenters. The van der Waals surface area contributed by atoms with Crippen LogP contribution < -0.4 is 0 Å². The fourth-order valence-electron chi connectivity index (χ4n) is 11.5. The van der Waals surface area contributed by atoms with Gasteiger partial charge in [-0.1, -0.05) is 168 Å². The molecule has 8 aromatic carbocycles. The molecule has 0 heterocycles. The molecule has 0 saturated heterocycles. The van der Waals surface area contributed by atoms with E-state index in [9.17, 15) is 4.79 Å². The first-order chi connectivity index (χ1) is 32.3. The molecule has 68 heavy (non-hydrogen) atoms. The van der Waals surface area contributed by atoms with Crippen molar-refractivity contribution >= 4 is 38.3 Å². The van der Waals surface area contributed by atoms with Crippen LogP contribution in [-0.2, 0) is 25.8 Å². The Hall–Kier alpha value is -6.67. The number of rotatable bonds is 11. The van der Waals surface area contributed by atoms with Crippen LogP contribution in [0, 0.1) is 0 Å². The van der Waals surface area contributed by atoms with Crippen molar-refractivity contribution in [2.24, 2.45) is 0 Å². The lowest BCUT2D eigenvalue weighted by molar-refractivity contribution is -0.287. The number of esters is 1. The van der Waals surface area contributed by atoms with Gasteiger partial charge in [0.2, 0.25) is 5.41 Å². The van der Waals surface area contributed by atoms with Crippen LogP contribution in [0.25, 0.3) is 76.8 Å². The number of carbonyl (C=O) groups excluding carboxylic acids is 1. The topological polar surface area (TPSA) is 26.3 Å². The fourth-order valence-corrected chi connectivity index (χ4v) is 11.5. The molecule has 0 fully saturated rings. The summed E-state index contributed by atoms with van der Waals surface area (Å²) < 4.78 is 101. The zero-order valence-corrected chi connectivity index (χ0v) is 38.4. The minimum absolute atomic E-state index is 0.0979. The SMILES string of the molecule is C=CC(=O)OCCCCCC1(C(=C)CC)c2ccccc2-c2ccc(-c3ccc4c(c3)C(C(F)(F)F)(C(F)(F)F)c3cc(-c5ccc6ccc7cc(C(C)(C)C)cc8ccc5c6c78)ccc3-4)cc21. The van der Waals surface area contributed by atoms with Crippen LogP contribution in [0.3, 0.4) is 0 Å². The minimum atomic E-state index is -5.76. The highest BCUT2D eigenvalue weighted by atomic mass is 19.4. The van der Waals surface area contributed by atoms with E-state index in [1.54, 1.807) is 24.3 Å². The molecule has 0 bridgehead atoms. The maximum absolute atomic E-state index is 16.0. The number of allylic oxidation sites excluding steroid dienone is 1. The Kier molecular flexibility index (Phi) is 10.6. The molecular formula is C60H50F6O2. The molecule has 0 N–H and O–H groups in total. The van der Waals surface area contributed by atoms with Crippen LogP contribution in [-0.4, -0.2) is 24.9 Å². The second-order valence-corrected chi connectivity index (χ2v) is 19.6. The van der Waals surface area contributed by atoms with Crippen molar-refractivity contribution in [3.05, 3.63) is 180 Å². The quantitative estimate of drug-likeness (QED) is 0.0323. The molecule has 0 aliphatic heterocycles. The molecule has 8 aromatic rings. The van der Waals surface area contributed by atoms with Gasteiger partial charge in [-0.15, -0.1) is 0 Å². The van der Waals surface area contributed by atoms with Crippen molar-refractivity contribution in [1.29, 1.82) is 0 Å². The van der Waals surface area contributed by atoms with E-state index < -0.39 is 40.3 Å². The predicted molar refractivity (Wildman–Crippen MR) is 263 cm³/mol. The Balaban J connectivity index is 1.09. The normalized spacial score (nSPS) is 16.2. The summed E-state index contributed by atoms with van der Waals surface area (Å²) >= 11 is 0. The van der Waals surface area contributed by atoms with Gasteiger partial charge < -0.3 is 4.74 Å². The number of hydrogen-bond acceptors (Lipinski definition) is 2. The monoisotopic (exact) mass is 916 g/mol. The maximum Gasteiger partial charge on any atom is 0.411 e. The van der Waals surface area contributed by atoms with Gasteiger partial charge in [0.1, 0.15) is 0 Å². The predicted octanol–water partition coefficient (Wildman–Crippen LogP) is 17.1. The fraction of sp³-hybridized carbons (Fsp3) is 0.250. The molecular weight excluding hydrogens is 867 g/mol. The molecule has 2 nitrogen and oxygen atoms in total. The van der Waals surface area contributed by atoms with Crippen molar-refractivity contribution in [3.63, 3.8) is 0 Å². The summed E-state index contributed by atoms with van der Waals surface area (Å²) in [6, 6.07) is 38.1. The second kappa shape index (κ2) is 16.0. The van der Waals surface area contributed by atoms with Gasteiger partial charge in [-0.05, 0) is 148 Å². The number of carbonyl (C=O) groups is 1. The van der Waals surface area contributed by atoms with E-state index in [0.29, 0.717) is 30.4 Å². The summed E-state index contributed by atoms with van der Waals surface area (Å²) in [5, 5.41) is 5.64. The van der Waals surface area contributed by atoms with Crippen molar-refractivity contribution in [2.75, 3.05) is 6.61 Å². The Bertz CT molecular complexity index is 3330. The zero-order chi connectivity index (χ0) is 48.1. The van der Waals surface area contributed by atoms with Gasteiger partial charge in [0.25, 0.3) is 0 Å². The zero-order valence-electron chi connectivity index (χ0n) is 38.4. The Morgan fingerprint density at radius 3 is 1.74 bits per heavy atom. The summed E-state index contributed by atoms with van der Waals surface area (Å²) in [6.45, 7) is 16.7. The van der Waals surface area contributed by atoms with E-state index in [2.05, 4.69) is 58.2 Å². The summed E-state index contributed by atoms with van der Waals surface area (Å²) in [6.07, 6.45) is -6.96. The van der Waals surface area contributed by atoms with Crippen molar-refractivity contribution in [3.8, 4) is 44.5 Å². The Morgan fingerprint density at radius 1 is 0.588 bits per heavy atom. The molecule has 0 amide bonds. The van der Waals surface area contributed by atoms with Crippen molar-refractivity contribution in [1.82, 2.24) is 0 Å². The highest BCUT2D eigenvalue weighted by Gasteiger charge is 2.75. The molecule has 0 spiro atoms. The molecule has 0 radical (unpaired) electrons. The lowest BCUT2D eigenvalue weighted by Gasteiger charge is -2.36. The van der Waals surface area contributed by atoms with E-state index in [0.717, 1.165) is 96.8 Å². The van der Waals surface area contributed by atoms with Gasteiger partial charge in [0.05, 0.1) is 6.61 Å². The van der Waals surface area contributed by atoms with Crippen molar-refractivity contribution < 1.29 is 35.9 Å². The van der Waals surface area contributed by atoms with Gasteiger partial charge in [0.15, 0.2) is 0 Å². The molecule has 10 rings (SSSR count). The van der Waals surface area contributed by atoms with E-state index in [-0.39, 0.29) is 34.3 Å². The summed E-state index contributed by atoms with van der Waals surface area (Å²) in [4.78, 5) is 11.6. The molecule has 2 aliphatic carbocycles. The third-order valence-corrected chi connectivity index (χ3v) is 14.9. The van der Waals surface area contributed by atoms with Gasteiger partial charge >= 0.3 is 18.3 Å². The van der Waals surface area contributed by atoms with Crippen LogP contribution in [0.1, 0.15) is 87.6 Å². The molecule has 2 aliphatic rings. The first-order valence-electron chi connectivity index (χ1n) is 23.2. The third-order valence-electron chi connectivity index (χ3n) is 14.9. The smallest absolute Gasteiger partial charge is 0.411 e. The number of unbranched alkanes of at least 4 members (excludes halogenated alkanes) is 2. The maximum atomic E-state index is 16.0. The number of alkyl halides is 6. The first-order valence-corrected chi connectivity index (χ1v) is 23.2. The minimum Gasteiger partial charge on any atom is -0.463 e. The number of fused-ring (bicyclic) bond motifs is 6. The molecule has 1 unspecified atom stereocenters. The van der Waals surface area contributed by atoms with Crippen LogP contribution in [0.5, 0.6) is 0 Å². The number of benzene rings is 8. The average Bonchev–Trinajstić information content (AvgIpc) is 3.78. The van der Waals surface area contributed by atoms with E-state index in [4.69, 9.17) is 4.74 Å². The lowest BCUT2D eigenvalue weighted by atomic mass is 9.68. The third kappa shape index (κ3) is 6.64. The Morgan fingerprint density at radius 2 is 1.12 bits per heavy atom. The largest absolute Gasteiger partial charge is 0.463 e. The van der Waals surface area contributed by atoms with E-state index in [1.807, 2.05) is 61.5 Å². The lowest BCUT2D eigenvalue weighted by Crippen LogP contribution is -2.53. The second-order valence-electron chi connectivity index (χ2n) is 19.6. The van der Waals surface area contributed by atoms with Crippen LogP contribution in [0.4, 0.5) is 26.3 Å². The van der Waals surface area contributed by atoms with Gasteiger partial charge in [-0.25, -0.2) is 4.79 Å². The van der Waals surface area contributed by atoms with Crippen LogP contribution >= 0.6 is 0 Å². The summed E-state index contributed by atoms with van der Waals surface area (Å²) in [7, 11) is 0. The molecule has 8 heteroatoms. The van der Waals surface area contributed by atoms with E-state index in [1.165, 1.54) is 12.1 Å². The van der Waals surface area contributed by atoms with E-state index >= 15 is 26.3 Å². The summed E-state index contributed by atoms with van der Waals surface area (Å²) in [5.74, 6) is -0.482. The number of hydrogen-bond donors (Lipinski definition) is 0. The van der Waals surface area contributed by atoms with Gasteiger partial charge in [-0.2, -0.15) is 26.3 Å². The number of ether oxygens (including phenoxy) is 1. The van der Waals surface area contributed by atoms with Crippen LogP contribution in [0.15, 0.2) is 152 Å². The Labute approximate surface area is 392 Å². The first kappa shape index (κ1) is 45.1. The molecule has 0 saturated carbocycles. The van der Waals surface area contributed by atoms with Crippen molar-refractivity contribution in [2.45, 2.75) is 88.4 Å². The highest BCUT2D eigenvalue weighted by molar-refractivity contribution is 6.25. The highest BCUT2D eigenvalue weighted by Crippen LogP contribution is 2.65. The number of halogens is 6. The molecule has 344 valence electrons. The molecule has 0 aromatic heterocycles. The summed E-state index contributed by atoms with van der Waals surface area (Å²) in [5.41, 5.74) is 0.657. The van der Waals surface area contributed by atoms with Gasteiger partial charge in [-0.3, -0.25) is 0 Å². The van der Waals surface area contributed by atoms with Crippen LogP contribution in [0.2, 0.25) is 0 Å². The standard InChI is InChI=1S/C60H50F6O2/c1-7-35(3)57(28-12-9-13-29-68-53(67)8-2)49-15-11-10-14-44(49)45-24-19-37(32-50(45)57)38-20-25-46-47-26-21-39(34-52(47)58(51(46)33-38,59(61,62)63)60(64,65)66)43-23-18-36-16-17-40-30-42(56(4,5)6)31-41-22-27-48(43)55(36)54(40)41/h8,10-11,14-27,30-34H,2-3,7,9,12-13,28-29H2,1,4-6H3. The van der Waals surface area contributed by atoms with Gasteiger partial charge in [0, 0.05) is 11.5 Å². The average molecular weight is 917 g/mol.